The molecule has 106 valence electrons. The largest absolute Gasteiger partial charge is 0.326 e. The molecule has 0 saturated heterocycles. The smallest absolute Gasteiger partial charge is 0.267 e. The number of anilines is 1. The van der Waals surface area contributed by atoms with Crippen molar-refractivity contribution in [1.82, 2.24) is 4.98 Å². The summed E-state index contributed by atoms with van der Waals surface area (Å²) < 4.78 is 0. The summed E-state index contributed by atoms with van der Waals surface area (Å²) in [5.74, 6) is -0.126. The highest BCUT2D eigenvalue weighted by Crippen LogP contribution is 2.27. The number of hydrogen-bond acceptors (Lipinski definition) is 4. The van der Waals surface area contributed by atoms with E-state index in [1.165, 1.54) is 11.3 Å². The molecule has 3 N–H and O–H groups in total. The predicted molar refractivity (Wildman–Crippen MR) is 83.1 cm³/mol. The maximum Gasteiger partial charge on any atom is 0.267 e. The van der Waals surface area contributed by atoms with Crippen molar-refractivity contribution in [1.29, 1.82) is 0 Å². The molecule has 0 radical (unpaired) electrons. The van der Waals surface area contributed by atoms with Crippen LogP contribution in [0.4, 0.5) is 5.69 Å². The van der Waals surface area contributed by atoms with Crippen molar-refractivity contribution in [2.45, 2.75) is 32.7 Å². The summed E-state index contributed by atoms with van der Waals surface area (Å²) >= 11 is 1.43. The van der Waals surface area contributed by atoms with E-state index < -0.39 is 0 Å². The van der Waals surface area contributed by atoms with Crippen LogP contribution in [-0.4, -0.2) is 10.9 Å². The predicted octanol–water partition coefficient (Wildman–Crippen LogP) is 3.15. The molecule has 5 heteroatoms. The van der Waals surface area contributed by atoms with Gasteiger partial charge < -0.3 is 11.1 Å². The van der Waals surface area contributed by atoms with Crippen LogP contribution in [-0.2, 0) is 12.0 Å². The van der Waals surface area contributed by atoms with E-state index in [2.05, 4.69) is 31.1 Å². The Morgan fingerprint density at radius 1 is 1.30 bits per heavy atom. The molecular weight excluding hydrogens is 270 g/mol. The lowest BCUT2D eigenvalue weighted by atomic mass is 9.98. The molecule has 0 saturated carbocycles. The van der Waals surface area contributed by atoms with Gasteiger partial charge in [0, 0.05) is 17.6 Å². The summed E-state index contributed by atoms with van der Waals surface area (Å²) in [5, 5.41) is 3.82. The van der Waals surface area contributed by atoms with Crippen molar-refractivity contribution in [3.63, 3.8) is 0 Å². The van der Waals surface area contributed by atoms with Gasteiger partial charge in [0.15, 0.2) is 0 Å². The standard InChI is InChI=1S/C15H19N3OS/c1-15(2,3)14-17-9-12(20-14)13(19)18-11-6-4-10(8-16)5-7-11/h4-7,9H,8,16H2,1-3H3,(H,18,19). The molecule has 1 aromatic carbocycles. The fraction of sp³-hybridized carbons (Fsp3) is 0.333. The Kier molecular flexibility index (Phi) is 4.20. The van der Waals surface area contributed by atoms with Gasteiger partial charge in [-0.25, -0.2) is 4.98 Å². The van der Waals surface area contributed by atoms with Gasteiger partial charge in [-0.05, 0) is 17.7 Å². The Balaban J connectivity index is 2.09. The second kappa shape index (κ2) is 5.73. The molecule has 20 heavy (non-hydrogen) atoms. The summed E-state index contributed by atoms with van der Waals surface area (Å²) in [4.78, 5) is 17.1. The van der Waals surface area contributed by atoms with Crippen LogP contribution in [0.5, 0.6) is 0 Å². The molecule has 0 fully saturated rings. The summed E-state index contributed by atoms with van der Waals surface area (Å²) in [6.45, 7) is 6.75. The quantitative estimate of drug-likeness (QED) is 0.912. The Labute approximate surface area is 123 Å². The molecule has 2 rings (SSSR count). The first kappa shape index (κ1) is 14.7. The maximum absolute atomic E-state index is 12.1. The fourth-order valence-electron chi connectivity index (χ4n) is 1.64. The van der Waals surface area contributed by atoms with Crippen molar-refractivity contribution in [3.8, 4) is 0 Å². The van der Waals surface area contributed by atoms with Gasteiger partial charge in [-0.1, -0.05) is 32.9 Å². The third-order valence-corrected chi connectivity index (χ3v) is 4.24. The minimum atomic E-state index is -0.126. The summed E-state index contributed by atoms with van der Waals surface area (Å²) in [7, 11) is 0. The van der Waals surface area contributed by atoms with Crippen molar-refractivity contribution < 1.29 is 4.79 Å². The summed E-state index contributed by atoms with van der Waals surface area (Å²) in [5.41, 5.74) is 7.31. The molecular formula is C15H19N3OS. The minimum absolute atomic E-state index is 0.0357. The van der Waals surface area contributed by atoms with E-state index >= 15 is 0 Å². The Morgan fingerprint density at radius 3 is 2.45 bits per heavy atom. The minimum Gasteiger partial charge on any atom is -0.326 e. The van der Waals surface area contributed by atoms with Crippen LogP contribution in [0, 0.1) is 0 Å². The molecule has 0 atom stereocenters. The second-order valence-corrected chi connectivity index (χ2v) is 6.67. The Morgan fingerprint density at radius 2 is 1.95 bits per heavy atom. The number of nitrogens with zero attached hydrogens (tertiary/aromatic N) is 1. The number of nitrogens with one attached hydrogen (secondary N) is 1. The highest BCUT2D eigenvalue weighted by atomic mass is 32.1. The average Bonchev–Trinajstić information content (AvgIpc) is 2.89. The monoisotopic (exact) mass is 289 g/mol. The highest BCUT2D eigenvalue weighted by Gasteiger charge is 2.20. The van der Waals surface area contributed by atoms with Gasteiger partial charge in [0.2, 0.25) is 0 Å². The maximum atomic E-state index is 12.1. The molecule has 0 bridgehead atoms. The van der Waals surface area contributed by atoms with Gasteiger partial charge in [-0.2, -0.15) is 0 Å². The number of aromatic nitrogens is 1. The number of thiazole rings is 1. The van der Waals surface area contributed by atoms with Crippen LogP contribution in [0.2, 0.25) is 0 Å². The van der Waals surface area contributed by atoms with Crippen LogP contribution in [0.3, 0.4) is 0 Å². The summed E-state index contributed by atoms with van der Waals surface area (Å²) in [6.07, 6.45) is 1.63. The van der Waals surface area contributed by atoms with E-state index in [1.54, 1.807) is 6.20 Å². The van der Waals surface area contributed by atoms with Crippen LogP contribution < -0.4 is 11.1 Å². The number of rotatable bonds is 3. The van der Waals surface area contributed by atoms with Crippen molar-refractivity contribution >= 4 is 22.9 Å². The molecule has 0 spiro atoms. The zero-order valence-corrected chi connectivity index (χ0v) is 12.8. The van der Waals surface area contributed by atoms with Gasteiger partial charge in [-0.15, -0.1) is 11.3 Å². The van der Waals surface area contributed by atoms with Crippen LogP contribution >= 0.6 is 11.3 Å². The second-order valence-electron chi connectivity index (χ2n) is 5.63. The fourth-order valence-corrected chi connectivity index (χ4v) is 2.51. The van der Waals surface area contributed by atoms with Gasteiger partial charge in [0.05, 0.1) is 11.2 Å². The van der Waals surface area contributed by atoms with E-state index in [4.69, 9.17) is 5.73 Å². The van der Waals surface area contributed by atoms with Gasteiger partial charge in [-0.3, -0.25) is 4.79 Å². The first-order valence-electron chi connectivity index (χ1n) is 6.47. The van der Waals surface area contributed by atoms with Gasteiger partial charge in [0.1, 0.15) is 4.88 Å². The van der Waals surface area contributed by atoms with Crippen molar-refractivity contribution in [2.24, 2.45) is 5.73 Å². The van der Waals surface area contributed by atoms with E-state index in [9.17, 15) is 4.79 Å². The van der Waals surface area contributed by atoms with Gasteiger partial charge in [0.25, 0.3) is 5.91 Å². The molecule has 0 aliphatic carbocycles. The lowest BCUT2D eigenvalue weighted by molar-refractivity contribution is 0.103. The van der Waals surface area contributed by atoms with Crippen molar-refractivity contribution in [3.05, 3.63) is 45.9 Å². The molecule has 0 aliphatic heterocycles. The first-order valence-corrected chi connectivity index (χ1v) is 7.28. The third kappa shape index (κ3) is 3.43. The summed E-state index contributed by atoms with van der Waals surface area (Å²) in [6, 6.07) is 7.52. The van der Waals surface area contributed by atoms with Crippen molar-refractivity contribution in [2.75, 3.05) is 5.32 Å². The van der Waals surface area contributed by atoms with Crippen LogP contribution in [0.1, 0.15) is 41.0 Å². The molecule has 1 aromatic heterocycles. The van der Waals surface area contributed by atoms with E-state index in [1.807, 2.05) is 24.3 Å². The van der Waals surface area contributed by atoms with Gasteiger partial charge >= 0.3 is 0 Å². The molecule has 2 aromatic rings. The molecule has 1 heterocycles. The normalized spacial score (nSPS) is 11.4. The number of amides is 1. The SMILES string of the molecule is CC(C)(C)c1ncc(C(=O)Nc2ccc(CN)cc2)s1. The van der Waals surface area contributed by atoms with E-state index in [0.717, 1.165) is 16.3 Å². The number of hydrogen-bond donors (Lipinski definition) is 2. The number of carbonyl (C=O) groups is 1. The van der Waals surface area contributed by atoms with E-state index in [-0.39, 0.29) is 11.3 Å². The first-order chi connectivity index (χ1) is 9.40. The highest BCUT2D eigenvalue weighted by molar-refractivity contribution is 7.13. The number of benzene rings is 1. The zero-order chi connectivity index (χ0) is 14.8. The third-order valence-electron chi connectivity index (χ3n) is 2.82. The lowest BCUT2D eigenvalue weighted by Crippen LogP contribution is -2.11. The molecule has 0 aliphatic rings. The Bertz CT molecular complexity index is 596. The van der Waals surface area contributed by atoms with Crippen LogP contribution in [0.15, 0.2) is 30.5 Å². The molecule has 1 amide bonds. The van der Waals surface area contributed by atoms with E-state index in [0.29, 0.717) is 11.4 Å². The molecule has 0 unspecified atom stereocenters. The number of nitrogens with two attached hydrogens (primary N) is 1. The average molecular weight is 289 g/mol. The lowest BCUT2D eigenvalue weighted by Gasteiger charge is -2.13. The zero-order valence-electron chi connectivity index (χ0n) is 11.9. The molecule has 4 nitrogen and oxygen atoms in total. The number of carbonyl (C=O) groups excluding carboxylic acids is 1. The topological polar surface area (TPSA) is 68.0 Å². The Hall–Kier alpha value is -1.72. The van der Waals surface area contributed by atoms with Crippen LogP contribution in [0.25, 0.3) is 0 Å².